The Morgan fingerprint density at radius 2 is 1.97 bits per heavy atom. The maximum Gasteiger partial charge on any atom is 0.323 e. The average molecular weight is 559 g/mol. The van der Waals surface area contributed by atoms with E-state index in [9.17, 15) is 24.8 Å². The number of carbonyl (C=O) groups is 2. The molecule has 1 amide bonds. The summed E-state index contributed by atoms with van der Waals surface area (Å²) in [5, 5.41) is 19.6. The Balaban J connectivity index is 1.83. The third kappa shape index (κ3) is 5.01. The van der Waals surface area contributed by atoms with E-state index in [2.05, 4.69) is 17.9 Å². The lowest BCUT2D eigenvalue weighted by Crippen LogP contribution is -2.35. The number of carboxylic acids is 1. The third-order valence-corrected chi connectivity index (χ3v) is 9.38. The number of unbranched alkanes of at least 4 members (excludes halogenated alkanes) is 1. The van der Waals surface area contributed by atoms with Crippen LogP contribution in [0.25, 0.3) is 11.0 Å². The maximum absolute atomic E-state index is 13.2. The number of benzene rings is 1. The molecule has 1 aromatic heterocycles. The van der Waals surface area contributed by atoms with Crippen LogP contribution in [0.4, 0.5) is 5.69 Å². The number of thiocarbonyl (C=S) groups is 1. The SMILES string of the molecule is CCCCN1/C(=C/C=c2/s/c(=C3\SC(=S)N(CC)C3=O)n(CC(=O)O)c2=O)Sc2ccc(C#N)cc21. The van der Waals surface area contributed by atoms with E-state index < -0.39 is 18.1 Å². The second-order valence-corrected chi connectivity index (χ2v) is 11.6. The van der Waals surface area contributed by atoms with Gasteiger partial charge in [-0.15, -0.1) is 11.3 Å². The number of thiazole rings is 1. The lowest BCUT2D eigenvalue weighted by molar-refractivity contribution is -0.137. The van der Waals surface area contributed by atoms with Gasteiger partial charge >= 0.3 is 5.97 Å². The normalized spacial score (nSPS) is 18.4. The van der Waals surface area contributed by atoms with Crippen LogP contribution in [-0.2, 0) is 16.1 Å². The van der Waals surface area contributed by atoms with Crippen molar-refractivity contribution in [3.63, 3.8) is 0 Å². The fourth-order valence-corrected chi connectivity index (χ4v) is 7.42. The van der Waals surface area contributed by atoms with E-state index in [1.54, 1.807) is 30.8 Å². The maximum atomic E-state index is 13.2. The molecule has 186 valence electrons. The number of hydrogen-bond acceptors (Lipinski definition) is 9. The van der Waals surface area contributed by atoms with Crippen LogP contribution in [-0.4, -0.2) is 43.9 Å². The number of thioether (sulfide) groups is 2. The van der Waals surface area contributed by atoms with Crippen LogP contribution in [0.15, 0.2) is 39.0 Å². The number of nitriles is 1. The number of carbonyl (C=O) groups excluding carboxylic acids is 1. The van der Waals surface area contributed by atoms with Gasteiger partial charge in [-0.1, -0.05) is 49.1 Å². The first-order chi connectivity index (χ1) is 17.3. The predicted molar refractivity (Wildman–Crippen MR) is 148 cm³/mol. The van der Waals surface area contributed by atoms with Crippen molar-refractivity contribution in [3.8, 4) is 6.07 Å². The van der Waals surface area contributed by atoms with E-state index in [1.165, 1.54) is 4.90 Å². The molecule has 1 aromatic carbocycles. The molecule has 0 saturated carbocycles. The number of fused-ring (bicyclic) bond motifs is 1. The number of aromatic nitrogens is 1. The fraction of sp³-hybridized carbons (Fsp3) is 0.292. The van der Waals surface area contributed by atoms with Gasteiger partial charge in [0.1, 0.15) is 20.4 Å². The Morgan fingerprint density at radius 1 is 1.19 bits per heavy atom. The Labute approximate surface area is 225 Å². The summed E-state index contributed by atoms with van der Waals surface area (Å²) in [6.45, 7) is 4.52. The second-order valence-electron chi connectivity index (χ2n) is 7.88. The molecular formula is C24H22N4O4S4. The van der Waals surface area contributed by atoms with Crippen LogP contribution in [0.2, 0.25) is 0 Å². The zero-order valence-corrected chi connectivity index (χ0v) is 22.8. The first-order valence-corrected chi connectivity index (χ1v) is 14.1. The van der Waals surface area contributed by atoms with Crippen LogP contribution < -0.4 is 19.7 Å². The summed E-state index contributed by atoms with van der Waals surface area (Å²) in [6.07, 6.45) is 5.47. The van der Waals surface area contributed by atoms with Crippen molar-refractivity contribution in [2.24, 2.45) is 0 Å². The van der Waals surface area contributed by atoms with E-state index >= 15 is 0 Å². The molecule has 2 aliphatic heterocycles. The molecule has 36 heavy (non-hydrogen) atoms. The second kappa shape index (κ2) is 11.0. The van der Waals surface area contributed by atoms with Crippen LogP contribution in [0.3, 0.4) is 0 Å². The monoisotopic (exact) mass is 558 g/mol. The summed E-state index contributed by atoms with van der Waals surface area (Å²) < 4.78 is 2.13. The zero-order chi connectivity index (χ0) is 26.0. The molecule has 8 nitrogen and oxygen atoms in total. The van der Waals surface area contributed by atoms with Crippen molar-refractivity contribution in [1.82, 2.24) is 9.47 Å². The van der Waals surface area contributed by atoms with Gasteiger partial charge in [-0.2, -0.15) is 5.26 Å². The van der Waals surface area contributed by atoms with Gasteiger partial charge in [0, 0.05) is 18.0 Å². The summed E-state index contributed by atoms with van der Waals surface area (Å²) in [5.74, 6) is -1.49. The number of carboxylic acid groups (broad SMARTS) is 1. The highest BCUT2D eigenvalue weighted by atomic mass is 32.2. The standard InChI is InChI=1S/C24H22N4O4S4/c1-3-5-10-27-15-11-14(12-25)6-7-16(15)34-18(27)9-8-17-21(31)28(13-19(29)30)23(35-17)20-22(32)26(4-2)24(33)36-20/h6-9,11H,3-5,10,13H2,1-2H3,(H,29,30)/b17-8+,18-9-,23-20-. The first kappa shape index (κ1) is 26.2. The smallest absolute Gasteiger partial charge is 0.323 e. The van der Waals surface area contributed by atoms with Gasteiger partial charge in [-0.05, 0) is 43.7 Å². The minimum Gasteiger partial charge on any atom is -0.480 e. The largest absolute Gasteiger partial charge is 0.480 e. The predicted octanol–water partition coefficient (Wildman–Crippen LogP) is 2.89. The van der Waals surface area contributed by atoms with Crippen LogP contribution in [0, 0.1) is 11.3 Å². The number of amides is 1. The van der Waals surface area contributed by atoms with Crippen molar-refractivity contribution in [2.75, 3.05) is 18.0 Å². The number of nitrogens with zero attached hydrogens (tertiary/aromatic N) is 4. The molecule has 0 atom stereocenters. The Bertz CT molecular complexity index is 1520. The van der Waals surface area contributed by atoms with Gasteiger partial charge in [0.15, 0.2) is 0 Å². The average Bonchev–Trinajstić information content (AvgIpc) is 3.46. The van der Waals surface area contributed by atoms with Crippen LogP contribution >= 0.6 is 47.1 Å². The quantitative estimate of drug-likeness (QED) is 0.514. The van der Waals surface area contributed by atoms with E-state index in [0.717, 1.165) is 62.7 Å². The van der Waals surface area contributed by atoms with Crippen molar-refractivity contribution in [1.29, 1.82) is 5.26 Å². The highest BCUT2D eigenvalue weighted by Crippen LogP contribution is 2.46. The molecule has 0 spiro atoms. The Kier molecular flexibility index (Phi) is 8.04. The Morgan fingerprint density at radius 3 is 2.61 bits per heavy atom. The van der Waals surface area contributed by atoms with Crippen molar-refractivity contribution in [2.45, 2.75) is 38.1 Å². The topological polar surface area (TPSA) is 107 Å². The fourth-order valence-electron chi connectivity index (χ4n) is 3.77. The van der Waals surface area contributed by atoms with Crippen molar-refractivity contribution in [3.05, 3.63) is 54.4 Å². The van der Waals surface area contributed by atoms with Crippen LogP contribution in [0.1, 0.15) is 32.3 Å². The number of aliphatic carboxylic acids is 1. The number of anilines is 1. The van der Waals surface area contributed by atoms with Gasteiger partial charge in [0.25, 0.3) is 11.5 Å². The highest BCUT2D eigenvalue weighted by Gasteiger charge is 2.33. The summed E-state index contributed by atoms with van der Waals surface area (Å²) >= 11 is 9.01. The molecular weight excluding hydrogens is 537 g/mol. The lowest BCUT2D eigenvalue weighted by Gasteiger charge is -2.20. The van der Waals surface area contributed by atoms with Gasteiger partial charge < -0.3 is 10.0 Å². The molecule has 0 unspecified atom stereocenters. The third-order valence-electron chi connectivity index (χ3n) is 5.53. The lowest BCUT2D eigenvalue weighted by atomic mass is 10.2. The van der Waals surface area contributed by atoms with Crippen molar-refractivity contribution >= 4 is 79.9 Å². The molecule has 0 bridgehead atoms. The highest BCUT2D eigenvalue weighted by molar-refractivity contribution is 8.30. The molecule has 1 fully saturated rings. The summed E-state index contributed by atoms with van der Waals surface area (Å²) in [6, 6.07) is 7.75. The first-order valence-electron chi connectivity index (χ1n) is 11.2. The zero-order valence-electron chi connectivity index (χ0n) is 19.5. The van der Waals surface area contributed by atoms with E-state index in [-0.39, 0.29) is 10.8 Å². The minimum absolute atomic E-state index is 0.272. The molecule has 3 heterocycles. The van der Waals surface area contributed by atoms with E-state index in [0.29, 0.717) is 25.6 Å². The van der Waals surface area contributed by atoms with E-state index in [4.69, 9.17) is 12.2 Å². The Hall–Kier alpha value is -2.85. The molecule has 2 aliphatic rings. The van der Waals surface area contributed by atoms with Crippen molar-refractivity contribution < 1.29 is 14.7 Å². The van der Waals surface area contributed by atoms with Gasteiger partial charge in [0.2, 0.25) is 0 Å². The number of hydrogen-bond donors (Lipinski definition) is 1. The molecule has 0 aliphatic carbocycles. The van der Waals surface area contributed by atoms with Gasteiger partial charge in [-0.3, -0.25) is 23.9 Å². The molecule has 4 rings (SSSR count). The summed E-state index contributed by atoms with van der Waals surface area (Å²) in [7, 11) is 0. The minimum atomic E-state index is -1.17. The van der Waals surface area contributed by atoms with E-state index in [1.807, 2.05) is 18.2 Å². The number of allylic oxidation sites excluding steroid dienone is 1. The molecule has 12 heteroatoms. The van der Waals surface area contributed by atoms with Gasteiger partial charge in [0.05, 0.1) is 26.9 Å². The number of rotatable bonds is 7. The summed E-state index contributed by atoms with van der Waals surface area (Å²) in [5.41, 5.74) is 1.07. The van der Waals surface area contributed by atoms with Gasteiger partial charge in [-0.25, -0.2) is 0 Å². The molecule has 1 saturated heterocycles. The van der Waals surface area contributed by atoms with Crippen LogP contribution in [0.5, 0.6) is 0 Å². The molecule has 2 aromatic rings. The molecule has 1 N–H and O–H groups in total. The summed E-state index contributed by atoms with van der Waals surface area (Å²) in [4.78, 5) is 42.4. The molecule has 0 radical (unpaired) electrons.